The Bertz CT molecular complexity index is 367. The van der Waals surface area contributed by atoms with Crippen molar-refractivity contribution in [2.45, 2.75) is 39.2 Å². The minimum Gasteiger partial charge on any atom is -0.381 e. The number of ether oxygens (including phenoxy) is 3. The first-order valence-electron chi connectivity index (χ1n) is 10.1. The van der Waals surface area contributed by atoms with Gasteiger partial charge in [0.2, 0.25) is 0 Å². The number of hydrogen-bond donors (Lipinski definition) is 2. The summed E-state index contributed by atoms with van der Waals surface area (Å²) in [5.41, 5.74) is 0. The van der Waals surface area contributed by atoms with Crippen molar-refractivity contribution in [3.8, 4) is 0 Å². The summed E-state index contributed by atoms with van der Waals surface area (Å²) < 4.78 is 16.9. The summed E-state index contributed by atoms with van der Waals surface area (Å²) >= 11 is 0. The molecule has 0 radical (unpaired) electrons. The third kappa shape index (κ3) is 14.5. The van der Waals surface area contributed by atoms with Crippen molar-refractivity contribution in [2.24, 2.45) is 10.9 Å². The Balaban J connectivity index is 0.00000676. The topological polar surface area (TPSA) is 67.4 Å². The largest absolute Gasteiger partial charge is 0.381 e. The Kier molecular flexibility index (Phi) is 17.8. The van der Waals surface area contributed by atoms with E-state index in [1.165, 1.54) is 0 Å². The molecule has 1 aliphatic heterocycles. The van der Waals surface area contributed by atoms with Crippen molar-refractivity contribution in [1.82, 2.24) is 15.5 Å². The zero-order valence-electron chi connectivity index (χ0n) is 17.7. The molecule has 27 heavy (non-hydrogen) atoms. The van der Waals surface area contributed by atoms with Crippen LogP contribution in [-0.4, -0.2) is 90.3 Å². The van der Waals surface area contributed by atoms with Gasteiger partial charge in [-0.05, 0) is 47.2 Å². The van der Waals surface area contributed by atoms with Crippen LogP contribution in [0.1, 0.15) is 33.1 Å². The van der Waals surface area contributed by atoms with Gasteiger partial charge in [0.05, 0.1) is 25.9 Å². The van der Waals surface area contributed by atoms with Crippen molar-refractivity contribution in [3.05, 3.63) is 0 Å². The maximum Gasteiger partial charge on any atom is 0.191 e. The van der Waals surface area contributed by atoms with Gasteiger partial charge in [-0.15, -0.1) is 24.0 Å². The highest BCUT2D eigenvalue weighted by molar-refractivity contribution is 14.0. The summed E-state index contributed by atoms with van der Waals surface area (Å²) in [5.74, 6) is 1.44. The van der Waals surface area contributed by atoms with E-state index in [1.54, 1.807) is 0 Å². The molecule has 0 aromatic rings. The Labute approximate surface area is 183 Å². The summed E-state index contributed by atoms with van der Waals surface area (Å²) in [6.07, 6.45) is 3.25. The highest BCUT2D eigenvalue weighted by Crippen LogP contribution is 2.12. The van der Waals surface area contributed by atoms with Crippen molar-refractivity contribution in [2.75, 3.05) is 73.3 Å². The van der Waals surface area contributed by atoms with Gasteiger partial charge < -0.3 is 29.7 Å². The molecular weight excluding hydrogens is 459 g/mol. The Hall–Kier alpha value is -0.160. The van der Waals surface area contributed by atoms with E-state index in [2.05, 4.69) is 41.5 Å². The normalized spacial score (nSPS) is 18.4. The van der Waals surface area contributed by atoms with E-state index >= 15 is 0 Å². The summed E-state index contributed by atoms with van der Waals surface area (Å²) in [6, 6.07) is 0. The molecule has 7 nitrogen and oxygen atoms in total. The standard InChI is InChI=1S/C19H40N4O3.HI/c1-5-20-19(22-14-18(26-6-2)8-11-23(3)4)21-10-7-12-24-15-17-9-13-25-16-17;/h17-18H,5-16H2,1-4H3,(H2,20,21,22);1H. The predicted molar refractivity (Wildman–Crippen MR) is 122 cm³/mol. The quantitative estimate of drug-likeness (QED) is 0.165. The molecule has 0 aromatic carbocycles. The van der Waals surface area contributed by atoms with Crippen LogP contribution in [0.25, 0.3) is 0 Å². The number of nitrogens with zero attached hydrogens (tertiary/aromatic N) is 2. The SMILES string of the molecule is CCNC(=NCC(CCN(C)C)OCC)NCCCOCC1CCOC1.I. The lowest BCUT2D eigenvalue weighted by atomic mass is 10.1. The van der Waals surface area contributed by atoms with Crippen LogP contribution in [0.2, 0.25) is 0 Å². The van der Waals surface area contributed by atoms with Gasteiger partial charge in [-0.3, -0.25) is 4.99 Å². The first-order chi connectivity index (χ1) is 12.7. The van der Waals surface area contributed by atoms with Crippen LogP contribution in [0.15, 0.2) is 4.99 Å². The minimum atomic E-state index is 0. The molecule has 1 rings (SSSR count). The second-order valence-electron chi connectivity index (χ2n) is 6.97. The van der Waals surface area contributed by atoms with Gasteiger partial charge in [-0.25, -0.2) is 0 Å². The molecule has 2 unspecified atom stereocenters. The van der Waals surface area contributed by atoms with Crippen LogP contribution in [0.4, 0.5) is 0 Å². The first-order valence-corrected chi connectivity index (χ1v) is 10.1. The number of rotatable bonds is 14. The second-order valence-corrected chi connectivity index (χ2v) is 6.97. The third-order valence-electron chi connectivity index (χ3n) is 4.23. The number of guanidine groups is 1. The number of nitrogens with one attached hydrogen (secondary N) is 2. The van der Waals surface area contributed by atoms with E-state index in [9.17, 15) is 0 Å². The van der Waals surface area contributed by atoms with Crippen molar-refractivity contribution in [3.63, 3.8) is 0 Å². The van der Waals surface area contributed by atoms with E-state index < -0.39 is 0 Å². The summed E-state index contributed by atoms with van der Waals surface area (Å²) in [6.45, 7) is 11.5. The van der Waals surface area contributed by atoms with Crippen LogP contribution in [0.5, 0.6) is 0 Å². The summed E-state index contributed by atoms with van der Waals surface area (Å²) in [5, 5.41) is 6.68. The smallest absolute Gasteiger partial charge is 0.191 e. The maximum absolute atomic E-state index is 5.81. The predicted octanol–water partition coefficient (Wildman–Crippen LogP) is 1.96. The summed E-state index contributed by atoms with van der Waals surface area (Å²) in [7, 11) is 4.17. The van der Waals surface area contributed by atoms with Gasteiger partial charge in [0.15, 0.2) is 5.96 Å². The molecule has 162 valence electrons. The van der Waals surface area contributed by atoms with Gasteiger partial charge in [-0.1, -0.05) is 0 Å². The fraction of sp³-hybridized carbons (Fsp3) is 0.947. The second kappa shape index (κ2) is 17.9. The maximum atomic E-state index is 5.81. The molecule has 1 fully saturated rings. The lowest BCUT2D eigenvalue weighted by Gasteiger charge is -2.19. The molecule has 1 aliphatic rings. The van der Waals surface area contributed by atoms with Crippen LogP contribution >= 0.6 is 24.0 Å². The molecular formula is C19H41IN4O3. The number of halogens is 1. The average molecular weight is 500 g/mol. The molecule has 0 aromatic heterocycles. The molecule has 2 N–H and O–H groups in total. The van der Waals surface area contributed by atoms with Gasteiger partial charge in [0, 0.05) is 45.4 Å². The van der Waals surface area contributed by atoms with Crippen molar-refractivity contribution < 1.29 is 14.2 Å². The van der Waals surface area contributed by atoms with E-state index in [0.29, 0.717) is 12.5 Å². The van der Waals surface area contributed by atoms with Crippen LogP contribution in [0.3, 0.4) is 0 Å². The van der Waals surface area contributed by atoms with Gasteiger partial charge in [0.1, 0.15) is 0 Å². The fourth-order valence-electron chi connectivity index (χ4n) is 2.75. The lowest BCUT2D eigenvalue weighted by Crippen LogP contribution is -2.39. The molecule has 2 atom stereocenters. The lowest BCUT2D eigenvalue weighted by molar-refractivity contribution is 0.0582. The molecule has 0 aliphatic carbocycles. The molecule has 0 bridgehead atoms. The Morgan fingerprint density at radius 3 is 2.74 bits per heavy atom. The van der Waals surface area contributed by atoms with Gasteiger partial charge in [-0.2, -0.15) is 0 Å². The van der Waals surface area contributed by atoms with Crippen LogP contribution in [0, 0.1) is 5.92 Å². The van der Waals surface area contributed by atoms with Gasteiger partial charge >= 0.3 is 0 Å². The number of aliphatic imine (C=N–C) groups is 1. The average Bonchev–Trinajstić information content (AvgIpc) is 3.13. The van der Waals surface area contributed by atoms with Gasteiger partial charge in [0.25, 0.3) is 0 Å². The molecule has 1 saturated heterocycles. The van der Waals surface area contributed by atoms with E-state index in [0.717, 1.165) is 77.9 Å². The Morgan fingerprint density at radius 2 is 2.11 bits per heavy atom. The monoisotopic (exact) mass is 500 g/mol. The summed E-state index contributed by atoms with van der Waals surface area (Å²) in [4.78, 5) is 6.86. The fourth-order valence-corrected chi connectivity index (χ4v) is 2.75. The third-order valence-corrected chi connectivity index (χ3v) is 4.23. The highest BCUT2D eigenvalue weighted by atomic mass is 127. The van der Waals surface area contributed by atoms with E-state index in [-0.39, 0.29) is 30.1 Å². The van der Waals surface area contributed by atoms with E-state index in [4.69, 9.17) is 14.2 Å². The van der Waals surface area contributed by atoms with Crippen LogP contribution < -0.4 is 10.6 Å². The zero-order chi connectivity index (χ0) is 19.0. The minimum absolute atomic E-state index is 0. The molecule has 8 heteroatoms. The number of hydrogen-bond acceptors (Lipinski definition) is 5. The molecule has 0 amide bonds. The molecule has 0 spiro atoms. The van der Waals surface area contributed by atoms with Crippen LogP contribution in [-0.2, 0) is 14.2 Å². The molecule has 1 heterocycles. The zero-order valence-corrected chi connectivity index (χ0v) is 20.0. The molecule has 0 saturated carbocycles. The van der Waals surface area contributed by atoms with Crippen molar-refractivity contribution in [1.29, 1.82) is 0 Å². The Morgan fingerprint density at radius 1 is 1.30 bits per heavy atom. The van der Waals surface area contributed by atoms with Crippen molar-refractivity contribution >= 4 is 29.9 Å². The highest BCUT2D eigenvalue weighted by Gasteiger charge is 2.15. The first kappa shape index (κ1) is 26.8. The van der Waals surface area contributed by atoms with E-state index in [1.807, 2.05) is 6.92 Å².